The molecule has 5 nitrogen and oxygen atoms in total. The van der Waals surface area contributed by atoms with Crippen molar-refractivity contribution in [2.75, 3.05) is 0 Å². The minimum Gasteiger partial charge on any atom is -0.489 e. The van der Waals surface area contributed by atoms with Gasteiger partial charge in [-0.25, -0.2) is 9.37 Å². The number of fused-ring (bicyclic) bond motifs is 1. The van der Waals surface area contributed by atoms with Gasteiger partial charge in [0.25, 0.3) is 5.56 Å². The molecule has 0 aliphatic heterocycles. The summed E-state index contributed by atoms with van der Waals surface area (Å²) in [6.07, 6.45) is 0. The molecule has 3 aromatic carbocycles. The van der Waals surface area contributed by atoms with Crippen LogP contribution in [-0.2, 0) is 6.61 Å². The van der Waals surface area contributed by atoms with Crippen molar-refractivity contribution in [3.8, 4) is 23.2 Å². The molecule has 0 atom stereocenters. The number of benzene rings is 3. The van der Waals surface area contributed by atoms with Crippen LogP contribution >= 0.6 is 0 Å². The van der Waals surface area contributed by atoms with E-state index < -0.39 is 5.82 Å². The van der Waals surface area contributed by atoms with Crippen LogP contribution in [-0.4, -0.2) is 9.97 Å². The Morgan fingerprint density at radius 1 is 1.07 bits per heavy atom. The number of nitrogens with one attached hydrogen (secondary N) is 1. The van der Waals surface area contributed by atoms with Crippen molar-refractivity contribution in [2.45, 2.75) is 6.61 Å². The van der Waals surface area contributed by atoms with E-state index in [0.717, 1.165) is 5.56 Å². The highest BCUT2D eigenvalue weighted by molar-refractivity contribution is 5.79. The summed E-state index contributed by atoms with van der Waals surface area (Å²) < 4.78 is 19.5. The molecule has 1 heterocycles. The molecule has 1 N–H and O–H groups in total. The molecular formula is C22H14FN3O2. The molecule has 0 radical (unpaired) electrons. The first kappa shape index (κ1) is 17.4. The average Bonchev–Trinajstić information content (AvgIpc) is 2.73. The molecule has 0 bridgehead atoms. The van der Waals surface area contributed by atoms with E-state index in [-0.39, 0.29) is 17.7 Å². The number of aromatic amines is 1. The molecule has 136 valence electrons. The summed E-state index contributed by atoms with van der Waals surface area (Å²) in [4.78, 5) is 19.5. The summed E-state index contributed by atoms with van der Waals surface area (Å²) in [5.74, 6) is 0.539. The van der Waals surface area contributed by atoms with Crippen molar-refractivity contribution in [1.82, 2.24) is 9.97 Å². The second-order valence-corrected chi connectivity index (χ2v) is 6.16. The Morgan fingerprint density at radius 2 is 1.86 bits per heavy atom. The lowest BCUT2D eigenvalue weighted by molar-refractivity contribution is 0.300. The molecule has 28 heavy (non-hydrogen) atoms. The van der Waals surface area contributed by atoms with Crippen molar-refractivity contribution < 1.29 is 9.13 Å². The molecule has 4 rings (SSSR count). The molecule has 6 heteroatoms. The van der Waals surface area contributed by atoms with Gasteiger partial charge in [-0.15, -0.1) is 0 Å². The summed E-state index contributed by atoms with van der Waals surface area (Å²) in [6, 6.07) is 20.3. The van der Waals surface area contributed by atoms with Gasteiger partial charge in [0.05, 0.1) is 22.5 Å². The SMILES string of the molecule is N#Cc1ccc(COc2ccc(-c3nc4ccccc4c(=O)[nH]3)cc2)c(F)c1. The molecule has 0 saturated heterocycles. The molecule has 0 aliphatic rings. The minimum absolute atomic E-state index is 0.0436. The number of hydrogen-bond acceptors (Lipinski definition) is 4. The van der Waals surface area contributed by atoms with Gasteiger partial charge < -0.3 is 9.72 Å². The second-order valence-electron chi connectivity index (χ2n) is 6.16. The number of ether oxygens (including phenoxy) is 1. The summed E-state index contributed by atoms with van der Waals surface area (Å²) in [6.45, 7) is 0.0436. The van der Waals surface area contributed by atoms with E-state index in [2.05, 4.69) is 9.97 Å². The fraction of sp³-hybridized carbons (Fsp3) is 0.0455. The van der Waals surface area contributed by atoms with E-state index in [1.165, 1.54) is 12.1 Å². The maximum Gasteiger partial charge on any atom is 0.259 e. The summed E-state index contributed by atoms with van der Waals surface area (Å²) >= 11 is 0. The van der Waals surface area contributed by atoms with Gasteiger partial charge in [-0.1, -0.05) is 18.2 Å². The smallest absolute Gasteiger partial charge is 0.259 e. The van der Waals surface area contributed by atoms with Crippen molar-refractivity contribution in [2.24, 2.45) is 0 Å². The quantitative estimate of drug-likeness (QED) is 0.584. The molecule has 0 fully saturated rings. The number of nitriles is 1. The van der Waals surface area contributed by atoms with Crippen LogP contribution < -0.4 is 10.3 Å². The van der Waals surface area contributed by atoms with Crippen molar-refractivity contribution in [3.63, 3.8) is 0 Å². The highest BCUT2D eigenvalue weighted by Gasteiger charge is 2.07. The average molecular weight is 371 g/mol. The zero-order valence-corrected chi connectivity index (χ0v) is 14.6. The Bertz CT molecular complexity index is 1260. The number of H-pyrrole nitrogens is 1. The van der Waals surface area contributed by atoms with Crippen LogP contribution in [0.5, 0.6) is 5.75 Å². The number of rotatable bonds is 4. The van der Waals surface area contributed by atoms with Crippen LogP contribution in [0.2, 0.25) is 0 Å². The first-order chi connectivity index (χ1) is 13.6. The Kier molecular flexibility index (Phi) is 4.56. The lowest BCUT2D eigenvalue weighted by atomic mass is 10.1. The van der Waals surface area contributed by atoms with Crippen LogP contribution in [0.25, 0.3) is 22.3 Å². The van der Waals surface area contributed by atoms with Gasteiger partial charge in [0.15, 0.2) is 0 Å². The highest BCUT2D eigenvalue weighted by atomic mass is 19.1. The van der Waals surface area contributed by atoms with E-state index in [4.69, 9.17) is 10.00 Å². The zero-order valence-electron chi connectivity index (χ0n) is 14.6. The van der Waals surface area contributed by atoms with Crippen LogP contribution in [0.1, 0.15) is 11.1 Å². The largest absolute Gasteiger partial charge is 0.489 e. The Labute approximate surface area is 159 Å². The van der Waals surface area contributed by atoms with Gasteiger partial charge in [0.1, 0.15) is 24.0 Å². The molecule has 0 spiro atoms. The lowest BCUT2D eigenvalue weighted by Gasteiger charge is -2.08. The third kappa shape index (κ3) is 3.46. The molecule has 0 amide bonds. The summed E-state index contributed by atoms with van der Waals surface area (Å²) in [5.41, 5.74) is 1.79. The third-order valence-electron chi connectivity index (χ3n) is 4.32. The maximum atomic E-state index is 13.9. The first-order valence-corrected chi connectivity index (χ1v) is 8.55. The van der Waals surface area contributed by atoms with Gasteiger partial charge in [0, 0.05) is 11.1 Å². The fourth-order valence-electron chi connectivity index (χ4n) is 2.83. The van der Waals surface area contributed by atoms with Crippen LogP contribution in [0.15, 0.2) is 71.5 Å². The molecule has 1 aromatic heterocycles. The third-order valence-corrected chi connectivity index (χ3v) is 4.32. The van der Waals surface area contributed by atoms with E-state index in [1.54, 1.807) is 48.5 Å². The van der Waals surface area contributed by atoms with Crippen LogP contribution in [0, 0.1) is 17.1 Å². The number of nitrogens with zero attached hydrogens (tertiary/aromatic N) is 2. The Hall–Kier alpha value is -3.98. The molecule has 0 unspecified atom stereocenters. The van der Waals surface area contributed by atoms with Gasteiger partial charge in [-0.05, 0) is 48.5 Å². The summed E-state index contributed by atoms with van der Waals surface area (Å²) in [7, 11) is 0. The molecule has 4 aromatic rings. The van der Waals surface area contributed by atoms with Crippen molar-refractivity contribution in [1.29, 1.82) is 5.26 Å². The van der Waals surface area contributed by atoms with Crippen LogP contribution in [0.3, 0.4) is 0 Å². The Morgan fingerprint density at radius 3 is 2.61 bits per heavy atom. The Balaban J connectivity index is 1.53. The van der Waals surface area contributed by atoms with Gasteiger partial charge in [0.2, 0.25) is 0 Å². The second kappa shape index (κ2) is 7.33. The minimum atomic E-state index is -0.478. The zero-order chi connectivity index (χ0) is 19.5. The standard InChI is InChI=1S/C22H14FN3O2/c23-19-11-14(12-24)5-6-16(19)13-28-17-9-7-15(8-10-17)21-25-20-4-2-1-3-18(20)22(27)26-21/h1-11H,13H2,(H,25,26,27). The van der Waals surface area contributed by atoms with E-state index in [9.17, 15) is 9.18 Å². The van der Waals surface area contributed by atoms with Gasteiger partial charge in [-0.2, -0.15) is 5.26 Å². The van der Waals surface area contributed by atoms with E-state index in [1.807, 2.05) is 12.1 Å². The van der Waals surface area contributed by atoms with Crippen molar-refractivity contribution >= 4 is 10.9 Å². The fourth-order valence-corrected chi connectivity index (χ4v) is 2.83. The van der Waals surface area contributed by atoms with Gasteiger partial charge in [-0.3, -0.25) is 4.79 Å². The maximum absolute atomic E-state index is 13.9. The van der Waals surface area contributed by atoms with Crippen LogP contribution in [0.4, 0.5) is 4.39 Å². The predicted octanol–water partition coefficient (Wildman–Crippen LogP) is 4.18. The summed E-state index contributed by atoms with van der Waals surface area (Å²) in [5, 5.41) is 9.32. The van der Waals surface area contributed by atoms with Gasteiger partial charge >= 0.3 is 0 Å². The number of halogens is 1. The number of hydrogen-bond donors (Lipinski definition) is 1. The number of para-hydroxylation sites is 1. The number of aromatic nitrogens is 2. The lowest BCUT2D eigenvalue weighted by Crippen LogP contribution is -2.09. The molecule has 0 saturated carbocycles. The predicted molar refractivity (Wildman–Crippen MR) is 103 cm³/mol. The monoisotopic (exact) mass is 371 g/mol. The normalized spacial score (nSPS) is 10.6. The van der Waals surface area contributed by atoms with E-state index in [0.29, 0.717) is 28.0 Å². The topological polar surface area (TPSA) is 78.8 Å². The first-order valence-electron chi connectivity index (χ1n) is 8.55. The van der Waals surface area contributed by atoms with E-state index >= 15 is 0 Å². The molecule has 0 aliphatic carbocycles. The molecular weight excluding hydrogens is 357 g/mol. The van der Waals surface area contributed by atoms with Crippen molar-refractivity contribution in [3.05, 3.63) is 94.0 Å². The highest BCUT2D eigenvalue weighted by Crippen LogP contribution is 2.21.